The van der Waals surface area contributed by atoms with Crippen LogP contribution in [0.5, 0.6) is 0 Å². The normalized spacial score (nSPS) is 17.8. The zero-order valence-corrected chi connectivity index (χ0v) is 10.1. The molecule has 0 unspecified atom stereocenters. The molecule has 0 atom stereocenters. The van der Waals surface area contributed by atoms with E-state index in [1.165, 1.54) is 30.4 Å². The Bertz CT molecular complexity index is 349. The molecule has 1 N–H and O–H groups in total. The molecule has 1 nitrogen and oxygen atoms in total. The van der Waals surface area contributed by atoms with Crippen molar-refractivity contribution in [1.29, 1.82) is 0 Å². The Morgan fingerprint density at radius 1 is 1.31 bits per heavy atom. The fraction of sp³-hybridized carbons (Fsp3) is 0.467. The second-order valence-electron chi connectivity index (χ2n) is 5.24. The standard InChI is InChI=1S/C15H21N/c1-13(14-7-4-3-5-8-14)11-16-12-15(2)9-6-10-15/h3-5,7-8,16H,1,6,9-12H2,2H3. The van der Waals surface area contributed by atoms with Gasteiger partial charge in [-0.2, -0.15) is 0 Å². The van der Waals surface area contributed by atoms with Gasteiger partial charge >= 0.3 is 0 Å². The fourth-order valence-corrected chi connectivity index (χ4v) is 2.25. The molecule has 0 saturated heterocycles. The van der Waals surface area contributed by atoms with Crippen LogP contribution in [-0.4, -0.2) is 13.1 Å². The SMILES string of the molecule is C=C(CNCC1(C)CCC1)c1ccccc1. The van der Waals surface area contributed by atoms with Crippen LogP contribution in [0, 0.1) is 5.41 Å². The number of benzene rings is 1. The van der Waals surface area contributed by atoms with Gasteiger partial charge in [-0.25, -0.2) is 0 Å². The van der Waals surface area contributed by atoms with E-state index < -0.39 is 0 Å². The summed E-state index contributed by atoms with van der Waals surface area (Å²) in [6.07, 6.45) is 4.15. The predicted molar refractivity (Wildman–Crippen MR) is 70.3 cm³/mol. The van der Waals surface area contributed by atoms with Gasteiger partial charge in [0.1, 0.15) is 0 Å². The summed E-state index contributed by atoms with van der Waals surface area (Å²) in [4.78, 5) is 0. The van der Waals surface area contributed by atoms with E-state index in [0.29, 0.717) is 5.41 Å². The van der Waals surface area contributed by atoms with E-state index in [0.717, 1.165) is 13.1 Å². The van der Waals surface area contributed by atoms with Gasteiger partial charge in [-0.05, 0) is 29.4 Å². The average Bonchev–Trinajstić information content (AvgIpc) is 2.28. The van der Waals surface area contributed by atoms with Gasteiger partial charge in [0.2, 0.25) is 0 Å². The van der Waals surface area contributed by atoms with Crippen molar-refractivity contribution in [2.24, 2.45) is 5.41 Å². The van der Waals surface area contributed by atoms with E-state index >= 15 is 0 Å². The Morgan fingerprint density at radius 3 is 2.56 bits per heavy atom. The van der Waals surface area contributed by atoms with Crippen LogP contribution >= 0.6 is 0 Å². The average molecular weight is 215 g/mol. The number of hydrogen-bond acceptors (Lipinski definition) is 1. The van der Waals surface area contributed by atoms with Crippen molar-refractivity contribution in [3.05, 3.63) is 42.5 Å². The van der Waals surface area contributed by atoms with E-state index in [1.54, 1.807) is 0 Å². The molecule has 0 spiro atoms. The first-order chi connectivity index (χ1) is 7.70. The lowest BCUT2D eigenvalue weighted by Crippen LogP contribution is -2.37. The van der Waals surface area contributed by atoms with Crippen molar-refractivity contribution >= 4 is 5.57 Å². The monoisotopic (exact) mass is 215 g/mol. The summed E-state index contributed by atoms with van der Waals surface area (Å²) in [5.74, 6) is 0. The summed E-state index contributed by atoms with van der Waals surface area (Å²) in [7, 11) is 0. The molecule has 1 aliphatic carbocycles. The minimum Gasteiger partial charge on any atom is -0.312 e. The molecule has 1 heteroatoms. The molecule has 2 rings (SSSR count). The van der Waals surface area contributed by atoms with E-state index in [1.807, 2.05) is 6.07 Å². The third-order valence-electron chi connectivity index (χ3n) is 3.63. The topological polar surface area (TPSA) is 12.0 Å². The van der Waals surface area contributed by atoms with Crippen molar-refractivity contribution in [1.82, 2.24) is 5.32 Å². The third kappa shape index (κ3) is 2.73. The smallest absolute Gasteiger partial charge is 0.0205 e. The quantitative estimate of drug-likeness (QED) is 0.793. The summed E-state index contributed by atoms with van der Waals surface area (Å²) >= 11 is 0. The van der Waals surface area contributed by atoms with Crippen LogP contribution in [0.2, 0.25) is 0 Å². The first kappa shape index (κ1) is 11.4. The fourth-order valence-electron chi connectivity index (χ4n) is 2.25. The lowest BCUT2D eigenvalue weighted by atomic mass is 9.70. The van der Waals surface area contributed by atoms with E-state index in [4.69, 9.17) is 0 Å². The molecule has 86 valence electrons. The second-order valence-corrected chi connectivity index (χ2v) is 5.24. The highest BCUT2D eigenvalue weighted by Gasteiger charge is 2.30. The second kappa shape index (κ2) is 4.84. The van der Waals surface area contributed by atoms with E-state index in [2.05, 4.69) is 43.1 Å². The molecular weight excluding hydrogens is 194 g/mol. The van der Waals surface area contributed by atoms with Gasteiger partial charge in [0.15, 0.2) is 0 Å². The Kier molecular flexibility index (Phi) is 3.45. The van der Waals surface area contributed by atoms with Crippen LogP contribution in [0.4, 0.5) is 0 Å². The zero-order chi connectivity index (χ0) is 11.4. The highest BCUT2D eigenvalue weighted by Crippen LogP contribution is 2.39. The largest absolute Gasteiger partial charge is 0.312 e. The maximum Gasteiger partial charge on any atom is 0.0205 e. The minimum absolute atomic E-state index is 0.553. The van der Waals surface area contributed by atoms with Crippen molar-refractivity contribution in [2.45, 2.75) is 26.2 Å². The van der Waals surface area contributed by atoms with Gasteiger partial charge in [0.25, 0.3) is 0 Å². The Balaban J connectivity index is 1.76. The first-order valence-electron chi connectivity index (χ1n) is 6.14. The number of hydrogen-bond donors (Lipinski definition) is 1. The number of rotatable bonds is 5. The molecule has 0 aromatic heterocycles. The molecule has 1 fully saturated rings. The molecule has 16 heavy (non-hydrogen) atoms. The highest BCUT2D eigenvalue weighted by molar-refractivity contribution is 5.64. The van der Waals surface area contributed by atoms with Crippen LogP contribution in [0.1, 0.15) is 31.7 Å². The van der Waals surface area contributed by atoms with Crippen molar-refractivity contribution in [2.75, 3.05) is 13.1 Å². The van der Waals surface area contributed by atoms with Gasteiger partial charge in [0, 0.05) is 13.1 Å². The maximum atomic E-state index is 4.13. The molecule has 0 aliphatic heterocycles. The molecule has 1 aromatic rings. The summed E-state index contributed by atoms with van der Waals surface area (Å²) in [6, 6.07) is 10.4. The molecule has 1 aliphatic rings. The third-order valence-corrected chi connectivity index (χ3v) is 3.63. The lowest BCUT2D eigenvalue weighted by Gasteiger charge is -2.38. The summed E-state index contributed by atoms with van der Waals surface area (Å²) < 4.78 is 0. The lowest BCUT2D eigenvalue weighted by molar-refractivity contribution is 0.159. The number of nitrogens with one attached hydrogen (secondary N) is 1. The maximum absolute atomic E-state index is 4.13. The van der Waals surface area contributed by atoms with Crippen LogP contribution in [0.25, 0.3) is 5.57 Å². The Morgan fingerprint density at radius 2 is 2.00 bits per heavy atom. The van der Waals surface area contributed by atoms with E-state index in [9.17, 15) is 0 Å². The molecule has 0 heterocycles. The predicted octanol–water partition coefficient (Wildman–Crippen LogP) is 3.48. The van der Waals surface area contributed by atoms with Crippen molar-refractivity contribution < 1.29 is 0 Å². The van der Waals surface area contributed by atoms with Crippen LogP contribution in [0.3, 0.4) is 0 Å². The molecule has 0 amide bonds. The van der Waals surface area contributed by atoms with E-state index in [-0.39, 0.29) is 0 Å². The van der Waals surface area contributed by atoms with Crippen molar-refractivity contribution in [3.63, 3.8) is 0 Å². The van der Waals surface area contributed by atoms with Gasteiger partial charge in [-0.3, -0.25) is 0 Å². The molecular formula is C15H21N. The summed E-state index contributed by atoms with van der Waals surface area (Å²) in [5, 5.41) is 3.53. The minimum atomic E-state index is 0.553. The van der Waals surface area contributed by atoms with Crippen LogP contribution < -0.4 is 5.32 Å². The molecule has 1 aromatic carbocycles. The first-order valence-corrected chi connectivity index (χ1v) is 6.14. The van der Waals surface area contributed by atoms with Gasteiger partial charge in [-0.1, -0.05) is 50.3 Å². The molecule has 0 radical (unpaired) electrons. The Hall–Kier alpha value is -1.08. The molecule has 1 saturated carbocycles. The zero-order valence-electron chi connectivity index (χ0n) is 10.1. The molecule has 0 bridgehead atoms. The van der Waals surface area contributed by atoms with Crippen LogP contribution in [-0.2, 0) is 0 Å². The highest BCUT2D eigenvalue weighted by atomic mass is 14.9. The Labute approximate surface area is 98.6 Å². The summed E-state index contributed by atoms with van der Waals surface area (Å²) in [6.45, 7) is 8.52. The van der Waals surface area contributed by atoms with Gasteiger partial charge in [0.05, 0.1) is 0 Å². The van der Waals surface area contributed by atoms with Crippen LogP contribution in [0.15, 0.2) is 36.9 Å². The summed E-state index contributed by atoms with van der Waals surface area (Å²) in [5.41, 5.74) is 2.98. The van der Waals surface area contributed by atoms with Gasteiger partial charge < -0.3 is 5.32 Å². The van der Waals surface area contributed by atoms with Crippen molar-refractivity contribution in [3.8, 4) is 0 Å². The van der Waals surface area contributed by atoms with Gasteiger partial charge in [-0.15, -0.1) is 0 Å².